The van der Waals surface area contributed by atoms with Gasteiger partial charge in [0.05, 0.1) is 12.6 Å². The number of piperazine rings is 1. The molecule has 0 aliphatic carbocycles. The number of carboxylic acid groups (broad SMARTS) is 1. The van der Waals surface area contributed by atoms with Crippen molar-refractivity contribution in [2.45, 2.75) is 12.5 Å². The Morgan fingerprint density at radius 1 is 1.19 bits per heavy atom. The van der Waals surface area contributed by atoms with Crippen molar-refractivity contribution in [3.63, 3.8) is 0 Å². The van der Waals surface area contributed by atoms with Crippen LogP contribution in [-0.2, 0) is 4.79 Å². The fourth-order valence-corrected chi connectivity index (χ4v) is 2.98. The number of nitrogens with zero attached hydrogens (tertiary/aromatic N) is 2. The van der Waals surface area contributed by atoms with Gasteiger partial charge < -0.3 is 14.7 Å². The van der Waals surface area contributed by atoms with E-state index in [1.54, 1.807) is 0 Å². The number of ketones is 1. The minimum atomic E-state index is -0.898. The highest BCUT2D eigenvalue weighted by Gasteiger charge is 2.34. The predicted octanol–water partition coefficient (Wildman–Crippen LogP) is 1.37. The lowest BCUT2D eigenvalue weighted by atomic mass is 9.98. The minimum Gasteiger partial charge on any atom is -0.493 e. The summed E-state index contributed by atoms with van der Waals surface area (Å²) in [7, 11) is 0. The molecule has 1 aromatic rings. The third-order valence-electron chi connectivity index (χ3n) is 4.07. The highest BCUT2D eigenvalue weighted by atomic mass is 16.5. The number of hydrogen-bond donors (Lipinski definition) is 1. The average molecular weight is 290 g/mol. The molecule has 1 saturated heterocycles. The third kappa shape index (κ3) is 2.71. The lowest BCUT2D eigenvalue weighted by Crippen LogP contribution is -2.50. The Morgan fingerprint density at radius 3 is 2.62 bits per heavy atom. The van der Waals surface area contributed by atoms with E-state index >= 15 is 0 Å². The molecule has 3 rings (SSSR count). The van der Waals surface area contributed by atoms with E-state index in [1.807, 2.05) is 24.3 Å². The van der Waals surface area contributed by atoms with Crippen LogP contribution in [0.5, 0.6) is 5.75 Å². The van der Waals surface area contributed by atoms with E-state index < -0.39 is 6.09 Å². The number of amides is 1. The summed E-state index contributed by atoms with van der Waals surface area (Å²) in [6.45, 7) is 2.40. The molecule has 0 bridgehead atoms. The summed E-state index contributed by atoms with van der Waals surface area (Å²) in [6.07, 6.45) is -0.510. The van der Waals surface area contributed by atoms with Crippen LogP contribution in [0, 0.1) is 0 Å². The van der Waals surface area contributed by atoms with Gasteiger partial charge in [-0.1, -0.05) is 18.2 Å². The maximum atomic E-state index is 12.4. The van der Waals surface area contributed by atoms with Gasteiger partial charge in [0.2, 0.25) is 0 Å². The standard InChI is InChI=1S/C15H18N2O4/c18-12-5-10-21-13-4-2-1-3-11(13)14(12)16-6-8-17(9-7-16)15(19)20/h1-4,14H,5-10H2,(H,19,20). The normalized spacial score (nSPS) is 23.1. The molecular weight excluding hydrogens is 272 g/mol. The lowest BCUT2D eigenvalue weighted by molar-refractivity contribution is -0.125. The second-order valence-electron chi connectivity index (χ2n) is 5.31. The van der Waals surface area contributed by atoms with Gasteiger partial charge in [-0.05, 0) is 6.07 Å². The van der Waals surface area contributed by atoms with Crippen LogP contribution in [0.4, 0.5) is 4.79 Å². The first-order chi connectivity index (χ1) is 10.2. The van der Waals surface area contributed by atoms with E-state index in [1.165, 1.54) is 4.90 Å². The zero-order valence-electron chi connectivity index (χ0n) is 11.7. The Balaban J connectivity index is 1.83. The highest BCUT2D eigenvalue weighted by molar-refractivity contribution is 5.86. The second kappa shape index (κ2) is 5.73. The van der Waals surface area contributed by atoms with E-state index in [2.05, 4.69) is 4.90 Å². The Labute approximate surface area is 122 Å². The van der Waals surface area contributed by atoms with Gasteiger partial charge in [0.1, 0.15) is 5.75 Å². The van der Waals surface area contributed by atoms with Crippen LogP contribution >= 0.6 is 0 Å². The van der Waals surface area contributed by atoms with Gasteiger partial charge in [-0.3, -0.25) is 9.69 Å². The third-order valence-corrected chi connectivity index (χ3v) is 4.07. The monoisotopic (exact) mass is 290 g/mol. The maximum Gasteiger partial charge on any atom is 0.407 e. The largest absolute Gasteiger partial charge is 0.493 e. The van der Waals surface area contributed by atoms with Crippen molar-refractivity contribution in [2.75, 3.05) is 32.8 Å². The number of benzene rings is 1. The summed E-state index contributed by atoms with van der Waals surface area (Å²) >= 11 is 0. The molecule has 2 aliphatic heterocycles. The van der Waals surface area contributed by atoms with E-state index in [4.69, 9.17) is 9.84 Å². The Bertz CT molecular complexity index is 552. The Morgan fingerprint density at radius 2 is 1.90 bits per heavy atom. The molecule has 1 N–H and O–H groups in total. The number of carbonyl (C=O) groups is 2. The van der Waals surface area contributed by atoms with Gasteiger partial charge in [-0.2, -0.15) is 0 Å². The second-order valence-corrected chi connectivity index (χ2v) is 5.31. The van der Waals surface area contributed by atoms with Crippen molar-refractivity contribution < 1.29 is 19.4 Å². The van der Waals surface area contributed by atoms with Crippen molar-refractivity contribution in [2.24, 2.45) is 0 Å². The van der Waals surface area contributed by atoms with Crippen LogP contribution in [0.2, 0.25) is 0 Å². The van der Waals surface area contributed by atoms with Crippen LogP contribution < -0.4 is 4.74 Å². The van der Waals surface area contributed by atoms with Gasteiger partial charge in [0.25, 0.3) is 0 Å². The van der Waals surface area contributed by atoms with E-state index in [0.717, 1.165) is 11.3 Å². The molecule has 0 spiro atoms. The van der Waals surface area contributed by atoms with Crippen LogP contribution in [0.15, 0.2) is 24.3 Å². The first-order valence-corrected chi connectivity index (χ1v) is 7.13. The molecule has 1 atom stereocenters. The van der Waals surface area contributed by atoms with Crippen molar-refractivity contribution in [3.8, 4) is 5.75 Å². The molecule has 21 heavy (non-hydrogen) atoms. The number of fused-ring (bicyclic) bond motifs is 1. The smallest absolute Gasteiger partial charge is 0.407 e. The molecule has 0 radical (unpaired) electrons. The van der Waals surface area contributed by atoms with Crippen LogP contribution in [0.1, 0.15) is 18.0 Å². The van der Waals surface area contributed by atoms with Crippen molar-refractivity contribution in [1.82, 2.24) is 9.80 Å². The zero-order valence-corrected chi connectivity index (χ0v) is 11.7. The number of para-hydroxylation sites is 1. The molecule has 6 heteroatoms. The SMILES string of the molecule is O=C1CCOc2ccccc2C1N1CCN(C(=O)O)CC1. The Hall–Kier alpha value is -2.08. The first kappa shape index (κ1) is 13.9. The fourth-order valence-electron chi connectivity index (χ4n) is 2.98. The van der Waals surface area contributed by atoms with Gasteiger partial charge in [0.15, 0.2) is 5.78 Å². The van der Waals surface area contributed by atoms with E-state index in [9.17, 15) is 9.59 Å². The molecule has 1 unspecified atom stereocenters. The number of carbonyl (C=O) groups excluding carboxylic acids is 1. The molecule has 0 aromatic heterocycles. The number of Topliss-reactive ketones (excluding diaryl/α,β-unsaturated/α-hetero) is 1. The van der Waals surface area contributed by atoms with Gasteiger partial charge in [-0.25, -0.2) is 4.79 Å². The molecule has 2 heterocycles. The zero-order chi connectivity index (χ0) is 14.8. The molecule has 2 aliphatic rings. The lowest BCUT2D eigenvalue weighted by Gasteiger charge is -2.37. The fraction of sp³-hybridized carbons (Fsp3) is 0.467. The molecule has 1 amide bonds. The summed E-state index contributed by atoms with van der Waals surface area (Å²) in [4.78, 5) is 26.9. The molecule has 1 aromatic carbocycles. The van der Waals surface area contributed by atoms with Crippen LogP contribution in [-0.4, -0.2) is 59.6 Å². The maximum absolute atomic E-state index is 12.4. The van der Waals surface area contributed by atoms with Crippen LogP contribution in [0.25, 0.3) is 0 Å². The number of rotatable bonds is 1. The molecule has 112 valence electrons. The topological polar surface area (TPSA) is 70.1 Å². The number of hydrogen-bond acceptors (Lipinski definition) is 4. The molecule has 1 fully saturated rings. The average Bonchev–Trinajstić information content (AvgIpc) is 2.65. The van der Waals surface area contributed by atoms with Crippen molar-refractivity contribution in [1.29, 1.82) is 0 Å². The van der Waals surface area contributed by atoms with E-state index in [0.29, 0.717) is 39.2 Å². The van der Waals surface area contributed by atoms with Gasteiger partial charge >= 0.3 is 6.09 Å². The summed E-state index contributed by atoms with van der Waals surface area (Å²) in [6, 6.07) is 7.29. The molecule has 0 saturated carbocycles. The van der Waals surface area contributed by atoms with Crippen molar-refractivity contribution >= 4 is 11.9 Å². The molecule has 6 nitrogen and oxygen atoms in total. The predicted molar refractivity (Wildman–Crippen MR) is 75.5 cm³/mol. The first-order valence-electron chi connectivity index (χ1n) is 7.13. The number of ether oxygens (including phenoxy) is 1. The summed E-state index contributed by atoms with van der Waals surface area (Å²) in [5, 5.41) is 9.01. The van der Waals surface area contributed by atoms with Gasteiger partial charge in [-0.15, -0.1) is 0 Å². The summed E-state index contributed by atoms with van der Waals surface area (Å²) < 4.78 is 5.65. The van der Waals surface area contributed by atoms with Gasteiger partial charge in [0, 0.05) is 38.2 Å². The van der Waals surface area contributed by atoms with Crippen LogP contribution in [0.3, 0.4) is 0 Å². The minimum absolute atomic E-state index is 0.142. The summed E-state index contributed by atoms with van der Waals surface area (Å²) in [5.74, 6) is 0.901. The quantitative estimate of drug-likeness (QED) is 0.846. The highest BCUT2D eigenvalue weighted by Crippen LogP contribution is 2.33. The van der Waals surface area contributed by atoms with E-state index in [-0.39, 0.29) is 11.8 Å². The summed E-state index contributed by atoms with van der Waals surface area (Å²) in [5.41, 5.74) is 0.892. The van der Waals surface area contributed by atoms with Crippen molar-refractivity contribution in [3.05, 3.63) is 29.8 Å². The molecular formula is C15H18N2O4. The Kier molecular flexibility index (Phi) is 3.79.